The molecule has 2 fully saturated rings. The van der Waals surface area contributed by atoms with Gasteiger partial charge in [0, 0.05) is 79.5 Å². The largest absolute Gasteiger partial charge is 0.378 e. The lowest BCUT2D eigenvalue weighted by Gasteiger charge is -2.27. The fraction of sp³-hybridized carbons (Fsp3) is 0.357. The quantitative estimate of drug-likeness (QED) is 0.543. The molecule has 37 heavy (non-hydrogen) atoms. The van der Waals surface area contributed by atoms with Gasteiger partial charge < -0.3 is 19.4 Å². The zero-order chi connectivity index (χ0) is 25.7. The standard InChI is InChI=1S/C28H28FN5O3/c1-32(2)25(35)18-3-5-21(23(29)13-18)20-15-30-27(31-16-20)34-17-28(7-8-28)22-6-4-19(14-24(22)34)26(36)33-9-11-37-12-10-33/h3-6,13-16H,7-12,17H2,1-2H3. The molecule has 0 N–H and O–H groups in total. The van der Waals surface area contributed by atoms with Crippen LogP contribution in [-0.4, -0.2) is 78.5 Å². The Morgan fingerprint density at radius 1 is 1.00 bits per heavy atom. The van der Waals surface area contributed by atoms with Crippen molar-refractivity contribution in [2.24, 2.45) is 0 Å². The molecular formula is C28H28FN5O3. The Kier molecular flexibility index (Phi) is 5.67. The van der Waals surface area contributed by atoms with Gasteiger partial charge in [0.05, 0.1) is 13.2 Å². The molecule has 0 unspecified atom stereocenters. The minimum Gasteiger partial charge on any atom is -0.378 e. The normalized spacial score (nSPS) is 17.6. The number of benzene rings is 2. The van der Waals surface area contributed by atoms with E-state index in [4.69, 9.17) is 4.74 Å². The number of halogens is 1. The summed E-state index contributed by atoms with van der Waals surface area (Å²) in [5, 5.41) is 0. The van der Waals surface area contributed by atoms with Gasteiger partial charge >= 0.3 is 0 Å². The Morgan fingerprint density at radius 3 is 2.35 bits per heavy atom. The van der Waals surface area contributed by atoms with E-state index < -0.39 is 5.82 Å². The summed E-state index contributed by atoms with van der Waals surface area (Å²) in [6.45, 7) is 3.05. The number of amides is 2. The number of aromatic nitrogens is 2. The van der Waals surface area contributed by atoms with E-state index in [1.165, 1.54) is 16.5 Å². The monoisotopic (exact) mass is 501 g/mol. The first-order chi connectivity index (χ1) is 17.9. The first-order valence-corrected chi connectivity index (χ1v) is 12.5. The molecule has 8 nitrogen and oxygen atoms in total. The third-order valence-electron chi connectivity index (χ3n) is 7.53. The molecular weight excluding hydrogens is 473 g/mol. The van der Waals surface area contributed by atoms with Crippen LogP contribution in [0.2, 0.25) is 0 Å². The van der Waals surface area contributed by atoms with Crippen LogP contribution in [0.1, 0.15) is 39.1 Å². The van der Waals surface area contributed by atoms with Crippen LogP contribution in [-0.2, 0) is 10.2 Å². The molecule has 0 radical (unpaired) electrons. The lowest BCUT2D eigenvalue weighted by molar-refractivity contribution is 0.0303. The molecule has 3 aromatic rings. The van der Waals surface area contributed by atoms with E-state index in [9.17, 15) is 14.0 Å². The van der Waals surface area contributed by atoms with Gasteiger partial charge in [0.25, 0.3) is 11.8 Å². The van der Waals surface area contributed by atoms with E-state index in [-0.39, 0.29) is 22.8 Å². The molecule has 2 aromatic carbocycles. The lowest BCUT2D eigenvalue weighted by Crippen LogP contribution is -2.40. The van der Waals surface area contributed by atoms with Crippen LogP contribution >= 0.6 is 0 Å². The fourth-order valence-corrected chi connectivity index (χ4v) is 5.26. The number of anilines is 2. The summed E-state index contributed by atoms with van der Waals surface area (Å²) in [5.74, 6) is -0.237. The number of hydrogen-bond donors (Lipinski definition) is 0. The number of ether oxygens (including phenoxy) is 1. The van der Waals surface area contributed by atoms with E-state index in [0.717, 1.165) is 25.1 Å². The maximum Gasteiger partial charge on any atom is 0.254 e. The predicted molar refractivity (Wildman–Crippen MR) is 137 cm³/mol. The topological polar surface area (TPSA) is 78.9 Å². The van der Waals surface area contributed by atoms with E-state index in [0.29, 0.717) is 48.9 Å². The predicted octanol–water partition coefficient (Wildman–Crippen LogP) is 3.64. The van der Waals surface area contributed by atoms with E-state index in [1.807, 2.05) is 17.0 Å². The molecule has 0 atom stereocenters. The van der Waals surface area contributed by atoms with Gasteiger partial charge in [0.15, 0.2) is 0 Å². The molecule has 1 aliphatic carbocycles. The average Bonchev–Trinajstić information content (AvgIpc) is 3.64. The molecule has 1 spiro atoms. The number of fused-ring (bicyclic) bond motifs is 2. The second kappa shape index (κ2) is 8.92. The van der Waals surface area contributed by atoms with Gasteiger partial charge in [-0.3, -0.25) is 9.59 Å². The Labute approximate surface area is 214 Å². The van der Waals surface area contributed by atoms with Crippen LogP contribution in [0.5, 0.6) is 0 Å². The summed E-state index contributed by atoms with van der Waals surface area (Å²) in [5.41, 5.74) is 4.07. The lowest BCUT2D eigenvalue weighted by atomic mass is 9.97. The SMILES string of the molecule is CN(C)C(=O)c1ccc(-c2cnc(N3CC4(CC4)c4ccc(C(=O)N5CCOCC5)cc43)nc2)c(F)c1. The van der Waals surface area contributed by atoms with Crippen molar-refractivity contribution >= 4 is 23.5 Å². The third kappa shape index (κ3) is 4.13. The molecule has 0 bridgehead atoms. The van der Waals surface area contributed by atoms with E-state index in [1.54, 1.807) is 38.6 Å². The molecule has 3 heterocycles. The van der Waals surface area contributed by atoms with Gasteiger partial charge in [0.2, 0.25) is 5.95 Å². The molecule has 1 aromatic heterocycles. The van der Waals surface area contributed by atoms with Gasteiger partial charge in [-0.25, -0.2) is 14.4 Å². The van der Waals surface area contributed by atoms with E-state index in [2.05, 4.69) is 20.9 Å². The van der Waals surface area contributed by atoms with Crippen molar-refractivity contribution in [3.63, 3.8) is 0 Å². The van der Waals surface area contributed by atoms with Crippen LogP contribution in [0.3, 0.4) is 0 Å². The van der Waals surface area contributed by atoms with Gasteiger partial charge in [-0.15, -0.1) is 0 Å². The minimum absolute atomic E-state index is 0.00531. The Balaban J connectivity index is 1.28. The summed E-state index contributed by atoms with van der Waals surface area (Å²) in [7, 11) is 3.26. The van der Waals surface area contributed by atoms with Crippen LogP contribution in [0.25, 0.3) is 11.1 Å². The number of morpholine rings is 1. The van der Waals surface area contributed by atoms with Crippen LogP contribution in [0.15, 0.2) is 48.8 Å². The van der Waals surface area contributed by atoms with Crippen molar-refractivity contribution in [2.45, 2.75) is 18.3 Å². The zero-order valence-electron chi connectivity index (χ0n) is 20.9. The van der Waals surface area contributed by atoms with Gasteiger partial charge in [-0.2, -0.15) is 0 Å². The highest BCUT2D eigenvalue weighted by molar-refractivity contribution is 5.96. The molecule has 190 valence electrons. The average molecular weight is 502 g/mol. The summed E-state index contributed by atoms with van der Waals surface area (Å²) >= 11 is 0. The van der Waals surface area contributed by atoms with Crippen LogP contribution < -0.4 is 4.90 Å². The highest BCUT2D eigenvalue weighted by atomic mass is 19.1. The van der Waals surface area contributed by atoms with Crippen LogP contribution in [0.4, 0.5) is 16.0 Å². The van der Waals surface area contributed by atoms with Crippen molar-refractivity contribution in [2.75, 3.05) is 51.8 Å². The zero-order valence-corrected chi connectivity index (χ0v) is 20.9. The van der Waals surface area contributed by atoms with Crippen molar-refractivity contribution in [3.8, 4) is 11.1 Å². The van der Waals surface area contributed by atoms with Crippen molar-refractivity contribution in [1.29, 1.82) is 0 Å². The first kappa shape index (κ1) is 23.5. The summed E-state index contributed by atoms with van der Waals surface area (Å²) in [4.78, 5) is 39.7. The van der Waals surface area contributed by atoms with Crippen molar-refractivity contribution in [1.82, 2.24) is 19.8 Å². The van der Waals surface area contributed by atoms with Crippen molar-refractivity contribution < 1.29 is 18.7 Å². The second-order valence-corrected chi connectivity index (χ2v) is 10.2. The summed E-state index contributed by atoms with van der Waals surface area (Å²) in [6, 6.07) is 10.4. The molecule has 2 amide bonds. The molecule has 1 saturated heterocycles. The Morgan fingerprint density at radius 2 is 1.70 bits per heavy atom. The van der Waals surface area contributed by atoms with Gasteiger partial charge in [-0.05, 0) is 42.7 Å². The van der Waals surface area contributed by atoms with Crippen LogP contribution in [0, 0.1) is 5.82 Å². The van der Waals surface area contributed by atoms with E-state index >= 15 is 0 Å². The molecule has 3 aliphatic rings. The van der Waals surface area contributed by atoms with Gasteiger partial charge in [-0.1, -0.05) is 12.1 Å². The highest BCUT2D eigenvalue weighted by Gasteiger charge is 2.52. The maximum absolute atomic E-state index is 14.9. The summed E-state index contributed by atoms with van der Waals surface area (Å²) in [6.07, 6.45) is 5.39. The van der Waals surface area contributed by atoms with Gasteiger partial charge in [0.1, 0.15) is 5.82 Å². The first-order valence-electron chi connectivity index (χ1n) is 12.5. The number of hydrogen-bond acceptors (Lipinski definition) is 6. The summed E-state index contributed by atoms with van der Waals surface area (Å²) < 4.78 is 20.2. The number of carbonyl (C=O) groups excluding carboxylic acids is 2. The third-order valence-corrected chi connectivity index (χ3v) is 7.53. The second-order valence-electron chi connectivity index (χ2n) is 10.2. The van der Waals surface area contributed by atoms with Crippen molar-refractivity contribution in [3.05, 3.63) is 71.3 Å². The molecule has 2 aliphatic heterocycles. The number of nitrogens with zero attached hydrogens (tertiary/aromatic N) is 5. The number of carbonyl (C=O) groups is 2. The Bertz CT molecular complexity index is 1380. The molecule has 9 heteroatoms. The molecule has 1 saturated carbocycles. The smallest absolute Gasteiger partial charge is 0.254 e. The Hall–Kier alpha value is -3.85. The maximum atomic E-state index is 14.9. The number of rotatable bonds is 4. The molecule has 6 rings (SSSR count). The minimum atomic E-state index is -0.501. The fourth-order valence-electron chi connectivity index (χ4n) is 5.26. The highest BCUT2D eigenvalue weighted by Crippen LogP contribution is 2.57.